The average Bonchev–Trinajstić information content (AvgIpc) is 1.90. The van der Waals surface area contributed by atoms with Crippen LogP contribution >= 0.6 is 0 Å². The Labute approximate surface area is 77.1 Å². The van der Waals surface area contributed by atoms with Crippen LogP contribution in [0, 0.1) is 31.1 Å². The molecule has 2 nitrogen and oxygen atoms in total. The van der Waals surface area contributed by atoms with Gasteiger partial charge in [-0.2, -0.15) is 6.07 Å². The molecule has 0 bridgehead atoms. The second kappa shape index (κ2) is 4.72. The van der Waals surface area contributed by atoms with Crippen LogP contribution < -0.4 is 0 Å². The molecule has 0 saturated heterocycles. The predicted octanol–water partition coefficient (Wildman–Crippen LogP) is 0.539. The normalized spacial score (nSPS) is 7.56. The molecule has 0 amide bonds. The molecular weight excluding hydrogens is 340 g/mol. The molecule has 1 heterocycles. The zero-order valence-electron chi connectivity index (χ0n) is 4.66. The van der Waals surface area contributed by atoms with Crippen LogP contribution in [0.4, 0.5) is 0 Å². The van der Waals surface area contributed by atoms with E-state index in [1.807, 2.05) is 0 Å². The number of pyridine rings is 1. The summed E-state index contributed by atoms with van der Waals surface area (Å²) in [6, 6.07) is 5.10. The maximum Gasteiger partial charge on any atom is 0.0223 e. The summed E-state index contributed by atoms with van der Waals surface area (Å²) in [5, 5.41) is 0. The molecule has 44 valence electrons. The number of rotatable bonds is 1. The molecule has 0 saturated carbocycles. The molecule has 0 aliphatic carbocycles. The number of hydrogen-bond acceptors (Lipinski definition) is 2. The van der Waals surface area contributed by atoms with Gasteiger partial charge in [0, 0.05) is 43.6 Å². The van der Waals surface area contributed by atoms with E-state index in [0.717, 1.165) is 0 Å². The van der Waals surface area contributed by atoms with E-state index in [0.29, 0.717) is 5.69 Å². The minimum Gasteiger partial charge on any atom is -0.417 e. The van der Waals surface area contributed by atoms with Gasteiger partial charge in [0.25, 0.3) is 0 Å². The van der Waals surface area contributed by atoms with Crippen molar-refractivity contribution in [2.45, 2.75) is 0 Å². The van der Waals surface area contributed by atoms with E-state index in [9.17, 15) is 4.79 Å². The Morgan fingerprint density at radius 2 is 2.22 bits per heavy atom. The van der Waals surface area contributed by atoms with Crippen LogP contribution in [-0.2, 0) is 4.79 Å². The van der Waals surface area contributed by atoms with Gasteiger partial charge < -0.3 is 4.79 Å². The van der Waals surface area contributed by atoms with E-state index in [1.54, 1.807) is 30.7 Å². The summed E-state index contributed by atoms with van der Waals surface area (Å²) in [6.45, 7) is 0. The zero-order valence-corrected chi connectivity index (χ0v) is 8.83. The Bertz CT molecular complexity index is 176. The Morgan fingerprint density at radius 1 is 1.44 bits per heavy atom. The van der Waals surface area contributed by atoms with E-state index in [1.165, 1.54) is 0 Å². The second-order valence-corrected chi connectivity index (χ2v) is 1.32. The fraction of sp³-hybridized carbons (Fsp3) is 0. The summed E-state index contributed by atoms with van der Waals surface area (Å²) < 4.78 is 0. The predicted molar refractivity (Wildman–Crippen MR) is 29.0 cm³/mol. The molecule has 1 aromatic rings. The number of carbonyl (C=O) groups excluding carboxylic acids is 1. The molecule has 0 unspecified atom stereocenters. The van der Waals surface area contributed by atoms with Gasteiger partial charge in [0.15, 0.2) is 0 Å². The van der Waals surface area contributed by atoms with Crippen LogP contribution in [0.15, 0.2) is 24.4 Å². The maximum absolute atomic E-state index is 9.82. The molecular formula is C6H4NOU-. The third kappa shape index (κ3) is 2.79. The molecule has 0 atom stereocenters. The standard InChI is InChI=1S/C6H4NO.U/c8-5-6-3-1-2-4-7-6;/h1-4H;/q-1;. The Morgan fingerprint density at radius 3 is 2.56 bits per heavy atom. The first-order chi connectivity index (χ1) is 3.93. The van der Waals surface area contributed by atoms with Crippen molar-refractivity contribution in [3.8, 4) is 0 Å². The fourth-order valence-corrected chi connectivity index (χ4v) is 0.423. The van der Waals surface area contributed by atoms with Crippen LogP contribution in [0.25, 0.3) is 0 Å². The first-order valence-corrected chi connectivity index (χ1v) is 2.22. The molecule has 1 rings (SSSR count). The summed E-state index contributed by atoms with van der Waals surface area (Å²) in [4.78, 5) is 13.5. The van der Waals surface area contributed by atoms with E-state index in [-0.39, 0.29) is 31.1 Å². The Balaban J connectivity index is 0.000000640. The van der Waals surface area contributed by atoms with E-state index in [2.05, 4.69) is 4.98 Å². The van der Waals surface area contributed by atoms with Crippen molar-refractivity contribution in [3.05, 3.63) is 30.1 Å². The number of aromatic nitrogens is 1. The SMILES string of the molecule is O=[C-]c1ccccn1.[U]. The van der Waals surface area contributed by atoms with Gasteiger partial charge in [0.1, 0.15) is 0 Å². The van der Waals surface area contributed by atoms with Crippen molar-refractivity contribution in [2.75, 3.05) is 0 Å². The Hall–Kier alpha value is -0.128. The van der Waals surface area contributed by atoms with Gasteiger partial charge in [-0.3, -0.25) is 4.98 Å². The minimum atomic E-state index is 0. The van der Waals surface area contributed by atoms with Gasteiger partial charge in [-0.1, -0.05) is 11.8 Å². The van der Waals surface area contributed by atoms with Crippen molar-refractivity contribution >= 4 is 6.29 Å². The Kier molecular flexibility index (Phi) is 4.66. The topological polar surface area (TPSA) is 30.0 Å². The minimum absolute atomic E-state index is 0. The largest absolute Gasteiger partial charge is 0.417 e. The van der Waals surface area contributed by atoms with Gasteiger partial charge in [-0.15, -0.1) is 6.07 Å². The van der Waals surface area contributed by atoms with Crippen molar-refractivity contribution in [2.24, 2.45) is 0 Å². The van der Waals surface area contributed by atoms with Crippen molar-refractivity contribution in [1.29, 1.82) is 0 Å². The van der Waals surface area contributed by atoms with E-state index < -0.39 is 0 Å². The van der Waals surface area contributed by atoms with Crippen molar-refractivity contribution < 1.29 is 35.9 Å². The molecule has 0 aliphatic heterocycles. The first kappa shape index (κ1) is 8.87. The van der Waals surface area contributed by atoms with Crippen molar-refractivity contribution in [3.63, 3.8) is 0 Å². The quantitative estimate of drug-likeness (QED) is 0.697. The van der Waals surface area contributed by atoms with Crippen molar-refractivity contribution in [1.82, 2.24) is 4.98 Å². The van der Waals surface area contributed by atoms with Crippen LogP contribution in [0.5, 0.6) is 0 Å². The molecule has 0 radical (unpaired) electrons. The summed E-state index contributed by atoms with van der Waals surface area (Å²) in [6.07, 6.45) is 3.22. The first-order valence-electron chi connectivity index (χ1n) is 2.22. The molecule has 0 N–H and O–H groups in total. The molecule has 9 heavy (non-hydrogen) atoms. The monoisotopic (exact) mass is 344 g/mol. The smallest absolute Gasteiger partial charge is 0.0223 e. The number of hydrogen-bond donors (Lipinski definition) is 0. The maximum atomic E-state index is 9.82. The summed E-state index contributed by atoms with van der Waals surface area (Å²) in [5.74, 6) is 0. The van der Waals surface area contributed by atoms with Crippen LogP contribution in [-0.4, -0.2) is 11.3 Å². The third-order valence-electron chi connectivity index (χ3n) is 0.769. The molecule has 0 spiro atoms. The van der Waals surface area contributed by atoms with E-state index >= 15 is 0 Å². The molecule has 3 heteroatoms. The molecule has 0 fully saturated rings. The molecule has 0 aromatic carbocycles. The van der Waals surface area contributed by atoms with Gasteiger partial charge >= 0.3 is 0 Å². The van der Waals surface area contributed by atoms with Gasteiger partial charge in [0.05, 0.1) is 0 Å². The van der Waals surface area contributed by atoms with Crippen LogP contribution in [0.3, 0.4) is 0 Å². The van der Waals surface area contributed by atoms with Crippen LogP contribution in [0.2, 0.25) is 0 Å². The molecule has 1 aromatic heterocycles. The average molecular weight is 344 g/mol. The molecule has 0 aliphatic rings. The van der Waals surface area contributed by atoms with Gasteiger partial charge in [0.2, 0.25) is 0 Å². The van der Waals surface area contributed by atoms with Gasteiger partial charge in [-0.05, 0) is 0 Å². The van der Waals surface area contributed by atoms with E-state index in [4.69, 9.17) is 0 Å². The summed E-state index contributed by atoms with van der Waals surface area (Å²) >= 11 is 0. The summed E-state index contributed by atoms with van der Waals surface area (Å²) in [7, 11) is 0. The zero-order chi connectivity index (χ0) is 5.82. The van der Waals surface area contributed by atoms with Gasteiger partial charge in [-0.25, -0.2) is 0 Å². The van der Waals surface area contributed by atoms with Crippen LogP contribution in [0.1, 0.15) is 5.69 Å². The summed E-state index contributed by atoms with van der Waals surface area (Å²) in [5.41, 5.74) is 0.354. The third-order valence-corrected chi connectivity index (χ3v) is 0.769. The second-order valence-electron chi connectivity index (χ2n) is 1.32. The fourth-order valence-electron chi connectivity index (χ4n) is 0.423. The number of nitrogens with zero attached hydrogens (tertiary/aromatic N) is 1.